The number of thiazole rings is 1. The van der Waals surface area contributed by atoms with E-state index < -0.39 is 0 Å². The predicted octanol–water partition coefficient (Wildman–Crippen LogP) is 5.38. The highest BCUT2D eigenvalue weighted by molar-refractivity contribution is 7.18. The van der Waals surface area contributed by atoms with Crippen molar-refractivity contribution in [2.75, 3.05) is 5.32 Å². The van der Waals surface area contributed by atoms with Gasteiger partial charge >= 0.3 is 0 Å². The molecule has 3 fully saturated rings. The van der Waals surface area contributed by atoms with Crippen molar-refractivity contribution < 1.29 is 4.79 Å². The van der Waals surface area contributed by atoms with Crippen molar-refractivity contribution in [2.45, 2.75) is 56.5 Å². The number of halogens is 1. The first-order chi connectivity index (χ1) is 14.6. The first-order valence-corrected chi connectivity index (χ1v) is 11.8. The molecule has 0 radical (unpaired) electrons. The van der Waals surface area contributed by atoms with Crippen LogP contribution in [0.3, 0.4) is 0 Å². The Balaban J connectivity index is 1.03. The number of carbonyl (C=O) groups is 1. The Morgan fingerprint density at radius 3 is 2.73 bits per heavy atom. The topological polar surface area (TPSA) is 66.9 Å². The minimum Gasteiger partial charge on any atom is -0.367 e. The lowest BCUT2D eigenvalue weighted by Gasteiger charge is -2.57. The Morgan fingerprint density at radius 1 is 1.10 bits per heavy atom. The van der Waals surface area contributed by atoms with Gasteiger partial charge in [-0.05, 0) is 74.3 Å². The minimum atomic E-state index is 0.00928. The number of amides is 1. The lowest BCUT2D eigenvalue weighted by atomic mass is 9.50. The maximum absolute atomic E-state index is 12.6. The number of aromatic nitrogens is 2. The van der Waals surface area contributed by atoms with E-state index in [9.17, 15) is 4.79 Å². The molecule has 0 saturated heterocycles. The van der Waals surface area contributed by atoms with Gasteiger partial charge in [-0.25, -0.2) is 9.97 Å². The van der Waals surface area contributed by atoms with E-state index in [4.69, 9.17) is 16.6 Å². The van der Waals surface area contributed by atoms with Gasteiger partial charge in [-0.2, -0.15) is 0 Å². The van der Waals surface area contributed by atoms with E-state index in [0.29, 0.717) is 22.9 Å². The van der Waals surface area contributed by atoms with Crippen molar-refractivity contribution in [1.82, 2.24) is 15.3 Å². The van der Waals surface area contributed by atoms with Crippen molar-refractivity contribution in [3.63, 3.8) is 0 Å². The fourth-order valence-corrected chi connectivity index (χ4v) is 6.24. The zero-order valence-electron chi connectivity index (χ0n) is 16.5. The molecule has 3 aliphatic rings. The van der Waals surface area contributed by atoms with Gasteiger partial charge in [-0.3, -0.25) is 4.79 Å². The molecule has 0 atom stereocenters. The molecule has 2 N–H and O–H groups in total. The SMILES string of the molecule is O=C(NC1CC2(C1)CC(c1nc3cc(Cl)ccc3s1)C2)c1ccnc(NC2CC2)c1. The molecular formula is C23H23ClN4OS. The number of pyridine rings is 1. The monoisotopic (exact) mass is 438 g/mol. The Morgan fingerprint density at radius 2 is 1.93 bits per heavy atom. The van der Waals surface area contributed by atoms with Gasteiger partial charge in [0, 0.05) is 34.8 Å². The first kappa shape index (κ1) is 18.6. The zero-order chi connectivity index (χ0) is 20.3. The highest BCUT2D eigenvalue weighted by Gasteiger charge is 2.54. The largest absolute Gasteiger partial charge is 0.367 e. The normalized spacial score (nSPS) is 27.5. The van der Waals surface area contributed by atoms with E-state index in [0.717, 1.165) is 29.2 Å². The summed E-state index contributed by atoms with van der Waals surface area (Å²) in [7, 11) is 0. The number of nitrogens with zero attached hydrogens (tertiary/aromatic N) is 2. The molecule has 2 aromatic heterocycles. The summed E-state index contributed by atoms with van der Waals surface area (Å²) < 4.78 is 1.21. The molecule has 2 heterocycles. The summed E-state index contributed by atoms with van der Waals surface area (Å²) >= 11 is 7.88. The lowest BCUT2D eigenvalue weighted by Crippen LogP contribution is -2.55. The van der Waals surface area contributed by atoms with Gasteiger partial charge in [0.25, 0.3) is 5.91 Å². The molecular weight excluding hydrogens is 416 g/mol. The molecule has 30 heavy (non-hydrogen) atoms. The van der Waals surface area contributed by atoms with E-state index in [2.05, 4.69) is 21.7 Å². The van der Waals surface area contributed by atoms with Crippen LogP contribution in [0.15, 0.2) is 36.5 Å². The summed E-state index contributed by atoms with van der Waals surface area (Å²) in [5, 5.41) is 8.54. The number of hydrogen-bond donors (Lipinski definition) is 2. The second-order valence-corrected chi connectivity index (χ2v) is 10.7. The lowest BCUT2D eigenvalue weighted by molar-refractivity contribution is -0.0187. The fourth-order valence-electron chi connectivity index (χ4n) is 5.03. The van der Waals surface area contributed by atoms with E-state index in [1.807, 2.05) is 18.2 Å². The van der Waals surface area contributed by atoms with Crippen LogP contribution in [-0.4, -0.2) is 28.0 Å². The molecule has 1 aromatic carbocycles. The molecule has 0 aliphatic heterocycles. The average Bonchev–Trinajstić information content (AvgIpc) is 3.38. The van der Waals surface area contributed by atoms with Crippen molar-refractivity contribution in [3.05, 3.63) is 52.1 Å². The van der Waals surface area contributed by atoms with Crippen molar-refractivity contribution in [1.29, 1.82) is 0 Å². The number of carbonyl (C=O) groups excluding carboxylic acids is 1. The average molecular weight is 439 g/mol. The molecule has 0 unspecified atom stereocenters. The summed E-state index contributed by atoms with van der Waals surface area (Å²) in [6.07, 6.45) is 8.59. The summed E-state index contributed by atoms with van der Waals surface area (Å²) in [4.78, 5) is 21.8. The van der Waals surface area contributed by atoms with E-state index in [1.165, 1.54) is 35.4 Å². The quantitative estimate of drug-likeness (QED) is 0.561. The molecule has 7 heteroatoms. The van der Waals surface area contributed by atoms with Crippen LogP contribution in [0.4, 0.5) is 5.82 Å². The van der Waals surface area contributed by atoms with Crippen LogP contribution in [0, 0.1) is 5.41 Å². The van der Waals surface area contributed by atoms with Crippen LogP contribution in [0.2, 0.25) is 5.02 Å². The van der Waals surface area contributed by atoms with Crippen molar-refractivity contribution in [2.24, 2.45) is 5.41 Å². The van der Waals surface area contributed by atoms with Crippen LogP contribution >= 0.6 is 22.9 Å². The van der Waals surface area contributed by atoms with Crippen molar-refractivity contribution in [3.8, 4) is 0 Å². The number of fused-ring (bicyclic) bond motifs is 1. The molecule has 3 aromatic rings. The van der Waals surface area contributed by atoms with Gasteiger partial charge in [0.2, 0.25) is 0 Å². The maximum atomic E-state index is 12.6. The summed E-state index contributed by atoms with van der Waals surface area (Å²) in [5.41, 5.74) is 2.10. The van der Waals surface area contributed by atoms with Gasteiger partial charge < -0.3 is 10.6 Å². The summed E-state index contributed by atoms with van der Waals surface area (Å²) in [6, 6.07) is 10.4. The van der Waals surface area contributed by atoms with Gasteiger partial charge in [0.1, 0.15) is 5.82 Å². The third kappa shape index (κ3) is 3.46. The predicted molar refractivity (Wildman–Crippen MR) is 120 cm³/mol. The van der Waals surface area contributed by atoms with Crippen LogP contribution in [0.25, 0.3) is 10.2 Å². The number of hydrogen-bond acceptors (Lipinski definition) is 5. The van der Waals surface area contributed by atoms with Gasteiger partial charge in [0.15, 0.2) is 0 Å². The fraction of sp³-hybridized carbons (Fsp3) is 0.435. The van der Waals surface area contributed by atoms with Crippen LogP contribution in [0.1, 0.15) is 59.8 Å². The molecule has 5 nitrogen and oxygen atoms in total. The second-order valence-electron chi connectivity index (χ2n) is 9.20. The summed E-state index contributed by atoms with van der Waals surface area (Å²) in [5.74, 6) is 1.36. The number of nitrogens with one attached hydrogen (secondary N) is 2. The molecule has 6 rings (SSSR count). The summed E-state index contributed by atoms with van der Waals surface area (Å²) in [6.45, 7) is 0. The number of rotatable bonds is 5. The van der Waals surface area contributed by atoms with Gasteiger partial charge in [-0.1, -0.05) is 11.6 Å². The van der Waals surface area contributed by atoms with Crippen molar-refractivity contribution >= 4 is 44.9 Å². The third-order valence-corrected chi connectivity index (χ3v) is 8.15. The zero-order valence-corrected chi connectivity index (χ0v) is 18.1. The second kappa shape index (κ2) is 6.92. The third-order valence-electron chi connectivity index (χ3n) is 6.72. The Labute approximate surface area is 184 Å². The van der Waals surface area contributed by atoms with E-state index >= 15 is 0 Å². The highest BCUT2D eigenvalue weighted by atomic mass is 35.5. The molecule has 0 bridgehead atoms. The van der Waals surface area contributed by atoms with Crippen LogP contribution in [-0.2, 0) is 0 Å². The Bertz CT molecular complexity index is 1130. The molecule has 1 amide bonds. The highest BCUT2D eigenvalue weighted by Crippen LogP contribution is 2.62. The molecule has 3 saturated carbocycles. The molecule has 1 spiro atoms. The molecule has 3 aliphatic carbocycles. The standard InChI is InChI=1S/C23H23ClN4OS/c24-15-1-4-19-18(8-15)28-22(30-19)14-9-23(10-14)11-17(12-23)27-21(29)13-5-6-25-20(7-13)26-16-2-3-16/h1,4-8,14,16-17H,2-3,9-12H2,(H,25,26)(H,27,29). The van der Waals surface area contributed by atoms with Gasteiger partial charge in [-0.15, -0.1) is 11.3 Å². The maximum Gasteiger partial charge on any atom is 0.251 e. The first-order valence-electron chi connectivity index (χ1n) is 10.6. The van der Waals surface area contributed by atoms with E-state index in [-0.39, 0.29) is 11.9 Å². The minimum absolute atomic E-state index is 0.00928. The van der Waals surface area contributed by atoms with Crippen LogP contribution in [0.5, 0.6) is 0 Å². The molecule has 154 valence electrons. The van der Waals surface area contributed by atoms with Gasteiger partial charge in [0.05, 0.1) is 15.2 Å². The number of benzene rings is 1. The Hall–Kier alpha value is -2.18. The van der Waals surface area contributed by atoms with Crippen LogP contribution < -0.4 is 10.6 Å². The Kier molecular flexibility index (Phi) is 4.29. The smallest absolute Gasteiger partial charge is 0.251 e. The number of anilines is 1. The van der Waals surface area contributed by atoms with E-state index in [1.54, 1.807) is 23.6 Å².